The Morgan fingerprint density at radius 1 is 1.00 bits per heavy atom. The number of carbonyl (C=O) groups is 2. The molecule has 0 saturated heterocycles. The molecule has 2 N–H and O–H groups in total. The molecule has 41 heavy (non-hydrogen) atoms. The zero-order valence-electron chi connectivity index (χ0n) is 21.0. The highest BCUT2D eigenvalue weighted by atomic mass is 35.5. The Kier molecular flexibility index (Phi) is 8.93. The molecule has 0 heterocycles. The lowest BCUT2D eigenvalue weighted by atomic mass is 9.85. The van der Waals surface area contributed by atoms with Crippen LogP contribution < -0.4 is 10.6 Å². The lowest BCUT2D eigenvalue weighted by molar-refractivity contribution is -0.140. The zero-order valence-corrected chi connectivity index (χ0v) is 23.2. The first-order chi connectivity index (χ1) is 19.0. The van der Waals surface area contributed by atoms with Gasteiger partial charge in [-0.3, -0.25) is 9.59 Å². The van der Waals surface area contributed by atoms with Gasteiger partial charge in [0.05, 0.1) is 26.2 Å². The fourth-order valence-corrected chi connectivity index (χ4v) is 5.04. The van der Waals surface area contributed by atoms with E-state index in [9.17, 15) is 35.9 Å². The summed E-state index contributed by atoms with van der Waals surface area (Å²) in [6.07, 6.45) is -6.76. The molecule has 0 bridgehead atoms. The molecular formula is C27H22Cl3F7N2O2. The molecule has 1 atom stereocenters. The Morgan fingerprint density at radius 2 is 1.61 bits per heavy atom. The summed E-state index contributed by atoms with van der Waals surface area (Å²) in [5.41, 5.74) is -5.29. The molecule has 0 aliphatic heterocycles. The van der Waals surface area contributed by atoms with Gasteiger partial charge in [0.15, 0.2) is 0 Å². The number of amides is 2. The first-order valence-electron chi connectivity index (χ1n) is 12.4. The molecular weight excluding hydrogens is 624 g/mol. The van der Waals surface area contributed by atoms with E-state index in [-0.39, 0.29) is 40.1 Å². The van der Waals surface area contributed by atoms with Crippen molar-refractivity contribution >= 4 is 52.4 Å². The van der Waals surface area contributed by atoms with Gasteiger partial charge in [-0.2, -0.15) is 26.3 Å². The number of allylic oxidation sites excluding steroid dienone is 1. The van der Waals surface area contributed by atoms with Gasteiger partial charge in [-0.15, -0.1) is 0 Å². The predicted molar refractivity (Wildman–Crippen MR) is 141 cm³/mol. The Bertz CT molecular complexity index is 1360. The summed E-state index contributed by atoms with van der Waals surface area (Å²) in [6, 6.07) is 3.29. The molecule has 0 aromatic heterocycles. The van der Waals surface area contributed by atoms with Crippen molar-refractivity contribution in [2.75, 3.05) is 6.54 Å². The number of rotatable bonds is 8. The highest BCUT2D eigenvalue weighted by Gasteiger charge is 2.52. The summed E-state index contributed by atoms with van der Waals surface area (Å²) in [5, 5.41) is 4.17. The number of hydrogen-bond donors (Lipinski definition) is 2. The van der Waals surface area contributed by atoms with Crippen molar-refractivity contribution in [3.63, 3.8) is 0 Å². The summed E-state index contributed by atoms with van der Waals surface area (Å²) < 4.78 is 98.4. The normalized spacial score (nSPS) is 18.0. The van der Waals surface area contributed by atoms with Crippen LogP contribution >= 0.6 is 34.8 Å². The Balaban J connectivity index is 1.61. The third-order valence-electron chi connectivity index (χ3n) is 7.19. The average molecular weight is 646 g/mol. The number of benzene rings is 2. The maximum atomic E-state index is 15.1. The molecule has 2 aromatic rings. The third-order valence-corrected chi connectivity index (χ3v) is 8.39. The smallest absolute Gasteiger partial charge is 0.354 e. The van der Waals surface area contributed by atoms with Crippen LogP contribution in [0.4, 0.5) is 30.7 Å². The molecule has 2 fully saturated rings. The van der Waals surface area contributed by atoms with Crippen molar-refractivity contribution in [2.24, 2.45) is 5.92 Å². The van der Waals surface area contributed by atoms with Crippen LogP contribution in [0.25, 0.3) is 5.83 Å². The van der Waals surface area contributed by atoms with E-state index in [2.05, 4.69) is 10.6 Å². The van der Waals surface area contributed by atoms with E-state index in [1.165, 1.54) is 0 Å². The minimum absolute atomic E-state index is 0.0801. The highest BCUT2D eigenvalue weighted by Crippen LogP contribution is 2.43. The molecule has 0 spiro atoms. The topological polar surface area (TPSA) is 58.2 Å². The van der Waals surface area contributed by atoms with Gasteiger partial charge in [0.1, 0.15) is 17.3 Å². The van der Waals surface area contributed by atoms with Crippen LogP contribution in [0, 0.1) is 5.92 Å². The van der Waals surface area contributed by atoms with Crippen molar-refractivity contribution in [1.82, 2.24) is 10.6 Å². The fraction of sp³-hybridized carbons (Fsp3) is 0.407. The fourth-order valence-electron chi connectivity index (χ4n) is 4.42. The maximum absolute atomic E-state index is 15.1. The van der Waals surface area contributed by atoms with E-state index < -0.39 is 63.7 Å². The molecule has 4 rings (SSSR count). The van der Waals surface area contributed by atoms with E-state index in [4.69, 9.17) is 34.8 Å². The predicted octanol–water partition coefficient (Wildman–Crippen LogP) is 8.50. The molecule has 2 saturated carbocycles. The lowest BCUT2D eigenvalue weighted by Gasteiger charge is -2.27. The summed E-state index contributed by atoms with van der Waals surface area (Å²) in [5.74, 6) is -5.68. The van der Waals surface area contributed by atoms with Crippen molar-refractivity contribution in [3.8, 4) is 0 Å². The SMILES string of the molecule is O=C(NC1(C(=O)NCC2CCC2)CC1)c1ccc(C(F)=CC(c2cc(Cl)c(Cl)c(Cl)c2)C(F)(F)F)cc1C(F)(F)F. The van der Waals surface area contributed by atoms with Crippen LogP contribution in [0.2, 0.25) is 15.1 Å². The minimum atomic E-state index is -5.17. The van der Waals surface area contributed by atoms with Crippen molar-refractivity contribution in [2.45, 2.75) is 55.9 Å². The third kappa shape index (κ3) is 7.11. The second kappa shape index (κ2) is 11.6. The Morgan fingerprint density at radius 3 is 2.10 bits per heavy atom. The molecule has 1 unspecified atom stereocenters. The zero-order chi connectivity index (χ0) is 30.3. The first kappa shape index (κ1) is 31.4. The van der Waals surface area contributed by atoms with Gasteiger partial charge in [-0.25, -0.2) is 4.39 Å². The number of nitrogens with one attached hydrogen (secondary N) is 2. The second-order valence-corrected chi connectivity index (χ2v) is 11.3. The minimum Gasteiger partial charge on any atom is -0.354 e. The van der Waals surface area contributed by atoms with Gasteiger partial charge >= 0.3 is 12.4 Å². The van der Waals surface area contributed by atoms with Gasteiger partial charge in [-0.05, 0) is 67.5 Å². The maximum Gasteiger partial charge on any atom is 0.417 e. The quantitative estimate of drug-likeness (QED) is 0.224. The van der Waals surface area contributed by atoms with E-state index >= 15 is 4.39 Å². The van der Waals surface area contributed by atoms with Gasteiger partial charge in [0.25, 0.3) is 5.91 Å². The van der Waals surface area contributed by atoms with Gasteiger partial charge < -0.3 is 10.6 Å². The summed E-state index contributed by atoms with van der Waals surface area (Å²) in [7, 11) is 0. The molecule has 2 aliphatic carbocycles. The summed E-state index contributed by atoms with van der Waals surface area (Å²) in [4.78, 5) is 25.5. The van der Waals surface area contributed by atoms with Crippen LogP contribution in [-0.4, -0.2) is 30.1 Å². The monoisotopic (exact) mass is 644 g/mol. The van der Waals surface area contributed by atoms with Gasteiger partial charge in [0, 0.05) is 12.1 Å². The number of alkyl halides is 6. The van der Waals surface area contributed by atoms with Crippen LogP contribution in [0.5, 0.6) is 0 Å². The van der Waals surface area contributed by atoms with Crippen LogP contribution in [0.3, 0.4) is 0 Å². The van der Waals surface area contributed by atoms with E-state index in [1.54, 1.807) is 0 Å². The van der Waals surface area contributed by atoms with E-state index in [0.717, 1.165) is 37.5 Å². The van der Waals surface area contributed by atoms with Crippen LogP contribution in [0.15, 0.2) is 36.4 Å². The molecule has 14 heteroatoms. The number of hydrogen-bond acceptors (Lipinski definition) is 2. The second-order valence-electron chi connectivity index (χ2n) is 10.1. The number of carbonyl (C=O) groups excluding carboxylic acids is 2. The molecule has 2 amide bonds. The average Bonchev–Trinajstić information content (AvgIpc) is 3.63. The first-order valence-corrected chi connectivity index (χ1v) is 13.6. The van der Waals surface area contributed by atoms with Crippen LogP contribution in [0.1, 0.15) is 65.1 Å². The summed E-state index contributed by atoms with van der Waals surface area (Å²) >= 11 is 17.4. The largest absolute Gasteiger partial charge is 0.417 e. The van der Waals surface area contributed by atoms with Crippen molar-refractivity contribution in [1.29, 1.82) is 0 Å². The lowest BCUT2D eigenvalue weighted by Crippen LogP contribution is -2.50. The van der Waals surface area contributed by atoms with E-state index in [1.807, 2.05) is 0 Å². The van der Waals surface area contributed by atoms with Crippen molar-refractivity contribution in [3.05, 3.63) is 73.7 Å². The molecule has 222 valence electrons. The Labute approximate surface area is 245 Å². The van der Waals surface area contributed by atoms with Gasteiger partial charge in [-0.1, -0.05) is 47.3 Å². The molecule has 4 nitrogen and oxygen atoms in total. The molecule has 0 radical (unpaired) electrons. The Hall–Kier alpha value is -2.50. The van der Waals surface area contributed by atoms with Gasteiger partial charge in [0.2, 0.25) is 5.91 Å². The van der Waals surface area contributed by atoms with Crippen LogP contribution in [-0.2, 0) is 11.0 Å². The number of halogens is 10. The van der Waals surface area contributed by atoms with E-state index in [0.29, 0.717) is 18.5 Å². The summed E-state index contributed by atoms with van der Waals surface area (Å²) in [6.45, 7) is 0.401. The highest BCUT2D eigenvalue weighted by molar-refractivity contribution is 6.48. The standard InChI is InChI=1S/C27H22Cl3F7N2O2/c28-19-9-15(10-20(29)22(19)30)17(26(32,33)34)11-21(31)14-4-5-16(18(8-14)27(35,36)37)23(40)39-25(6-7-25)24(41)38-12-13-2-1-3-13/h4-5,8-11,13,17H,1-3,6-7,12H2,(H,38,41)(H,39,40). The molecule has 2 aliphatic rings. The molecule has 2 aromatic carbocycles. The van der Waals surface area contributed by atoms with Crippen molar-refractivity contribution < 1.29 is 40.3 Å².